The van der Waals surface area contributed by atoms with Crippen molar-refractivity contribution >= 4 is 12.2 Å². The summed E-state index contributed by atoms with van der Waals surface area (Å²) in [6.07, 6.45) is 7.83. The molecule has 0 spiro atoms. The van der Waals surface area contributed by atoms with Gasteiger partial charge in [0.05, 0.1) is 0 Å². The van der Waals surface area contributed by atoms with E-state index in [2.05, 4.69) is 5.73 Å². The fourth-order valence-electron chi connectivity index (χ4n) is 3.71. The summed E-state index contributed by atoms with van der Waals surface area (Å²) in [5.41, 5.74) is 0.339. The Morgan fingerprint density at radius 1 is 0.657 bits per heavy atom. The Balaban J connectivity index is 2.56. The van der Waals surface area contributed by atoms with Crippen molar-refractivity contribution in [3.8, 4) is 11.8 Å². The van der Waals surface area contributed by atoms with Gasteiger partial charge < -0.3 is 10.2 Å². The summed E-state index contributed by atoms with van der Waals surface area (Å²) in [6.45, 7) is 8.39. The molecule has 0 saturated heterocycles. The minimum atomic E-state index is -0.613. The van der Waals surface area contributed by atoms with Crippen LogP contribution in [0, 0.1) is 0 Å². The van der Waals surface area contributed by atoms with Crippen LogP contribution in [-0.2, 0) is 26.2 Å². The van der Waals surface area contributed by atoms with Gasteiger partial charge >= 0.3 is 11.4 Å². The van der Waals surface area contributed by atoms with E-state index in [0.717, 1.165) is 13.7 Å². The number of allylic oxidation sites excluding steroid dienone is 2. The van der Waals surface area contributed by atoms with Crippen LogP contribution in [0.1, 0.15) is 64.5 Å². The van der Waals surface area contributed by atoms with Gasteiger partial charge in [0, 0.05) is 26.2 Å². The summed E-state index contributed by atoms with van der Waals surface area (Å²) in [5.74, 6) is -0.833. The zero-order chi connectivity index (χ0) is 26.1. The van der Waals surface area contributed by atoms with Crippen molar-refractivity contribution in [3.05, 3.63) is 70.7 Å². The molecule has 0 aliphatic rings. The lowest BCUT2D eigenvalue weighted by Gasteiger charge is -2.13. The summed E-state index contributed by atoms with van der Waals surface area (Å²) in [7, 11) is 0. The quantitative estimate of drug-likeness (QED) is 0.370. The second kappa shape index (κ2) is 12.6. The summed E-state index contributed by atoms with van der Waals surface area (Å²) in [4.78, 5) is 50.6. The van der Waals surface area contributed by atoms with E-state index in [1.807, 2.05) is 27.7 Å². The van der Waals surface area contributed by atoms with Gasteiger partial charge in [0.1, 0.15) is 11.1 Å². The molecule has 2 aromatic rings. The maximum absolute atomic E-state index is 12.7. The van der Waals surface area contributed by atoms with Gasteiger partial charge in [0.25, 0.3) is 11.1 Å². The molecule has 2 aromatic heterocycles. The second-order valence-corrected chi connectivity index (χ2v) is 8.09. The molecule has 0 radical (unpaired) electrons. The highest BCUT2D eigenvalue weighted by atomic mass is 16.3. The summed E-state index contributed by atoms with van der Waals surface area (Å²) in [5, 5.41) is 21.0. The largest absolute Gasteiger partial charge is 0.494 e. The van der Waals surface area contributed by atoms with Gasteiger partial charge in [0.15, 0.2) is 0 Å². The van der Waals surface area contributed by atoms with Gasteiger partial charge in [-0.25, -0.2) is 9.59 Å². The Hall–Kier alpha value is -3.78. The fourth-order valence-corrected chi connectivity index (χ4v) is 3.71. The van der Waals surface area contributed by atoms with E-state index < -0.39 is 34.3 Å². The van der Waals surface area contributed by atoms with Crippen molar-refractivity contribution in [3.63, 3.8) is 0 Å². The average molecular weight is 487 g/mol. The molecule has 0 bridgehead atoms. The number of rotatable bonds is 11. The minimum absolute atomic E-state index is 0.0332. The van der Waals surface area contributed by atoms with Gasteiger partial charge in [-0.2, -0.15) is 0 Å². The predicted molar refractivity (Wildman–Crippen MR) is 136 cm³/mol. The van der Waals surface area contributed by atoms with Crippen LogP contribution in [-0.4, -0.2) is 28.5 Å². The number of nitrogens with zero attached hydrogens (tertiary/aromatic N) is 4. The monoisotopic (exact) mass is 486 g/mol. The molecule has 0 aliphatic heterocycles. The Bertz CT molecular complexity index is 1380. The summed E-state index contributed by atoms with van der Waals surface area (Å²) >= 11 is 0. The van der Waals surface area contributed by atoms with Crippen molar-refractivity contribution in [2.45, 2.75) is 79.6 Å². The van der Waals surface area contributed by atoms with E-state index in [0.29, 0.717) is 25.7 Å². The molecule has 0 aliphatic carbocycles. The fraction of sp³-hybridized carbons (Fsp3) is 0.480. The number of aromatic hydroxyl groups is 2. The maximum atomic E-state index is 12.7. The highest BCUT2D eigenvalue weighted by Crippen LogP contribution is 2.14. The lowest BCUT2D eigenvalue weighted by atomic mass is 10.2. The Morgan fingerprint density at radius 3 is 1.51 bits per heavy atom. The minimum Gasteiger partial charge on any atom is -0.494 e. The molecule has 0 saturated carbocycles. The molecule has 0 atom stereocenters. The molecule has 0 aromatic carbocycles. The zero-order valence-electron chi connectivity index (χ0n) is 20.8. The van der Waals surface area contributed by atoms with Gasteiger partial charge in [-0.15, -0.1) is 5.73 Å². The normalized spacial score (nSPS) is 11.1. The van der Waals surface area contributed by atoms with E-state index in [-0.39, 0.29) is 37.3 Å². The van der Waals surface area contributed by atoms with Crippen molar-refractivity contribution < 1.29 is 10.2 Å². The topological polar surface area (TPSA) is 128 Å². The first-order chi connectivity index (χ1) is 16.7. The van der Waals surface area contributed by atoms with E-state index in [9.17, 15) is 29.4 Å². The Labute approximate surface area is 203 Å². The first-order valence-electron chi connectivity index (χ1n) is 12.0. The van der Waals surface area contributed by atoms with E-state index >= 15 is 0 Å². The third-order valence-corrected chi connectivity index (χ3v) is 5.34. The highest BCUT2D eigenvalue weighted by Gasteiger charge is 2.17. The maximum Gasteiger partial charge on any atom is 0.333 e. The van der Waals surface area contributed by atoms with Crippen LogP contribution in [0.15, 0.2) is 37.1 Å². The molecule has 0 fully saturated rings. The second-order valence-electron chi connectivity index (χ2n) is 8.09. The first-order valence-corrected chi connectivity index (χ1v) is 12.0. The highest BCUT2D eigenvalue weighted by molar-refractivity contribution is 5.57. The smallest absolute Gasteiger partial charge is 0.333 e. The average Bonchev–Trinajstić information content (AvgIpc) is 2.83. The number of aromatic nitrogens is 4. The predicted octanol–water partition coefficient (Wildman–Crippen LogP) is 2.27. The SMILES string of the molecule is CCCn1c(O)c(C=C=CC=Cc2c(O)n(CCC)c(=O)n(CCC)c2=O)c(=O)n(CCC)c1=O. The molecule has 35 heavy (non-hydrogen) atoms. The van der Waals surface area contributed by atoms with Gasteiger partial charge in [-0.05, 0) is 43.9 Å². The van der Waals surface area contributed by atoms with Gasteiger partial charge in [-0.1, -0.05) is 33.8 Å². The van der Waals surface area contributed by atoms with Crippen LogP contribution >= 0.6 is 0 Å². The number of hydrogen-bond acceptors (Lipinski definition) is 6. The molecule has 10 nitrogen and oxygen atoms in total. The van der Waals surface area contributed by atoms with Crippen molar-refractivity contribution in [1.29, 1.82) is 0 Å². The van der Waals surface area contributed by atoms with Gasteiger partial charge in [0.2, 0.25) is 11.8 Å². The first kappa shape index (κ1) is 27.5. The molecular formula is C25H34N4O6. The van der Waals surface area contributed by atoms with Crippen LogP contribution in [0.5, 0.6) is 11.8 Å². The van der Waals surface area contributed by atoms with Crippen LogP contribution in [0.25, 0.3) is 12.2 Å². The van der Waals surface area contributed by atoms with Crippen molar-refractivity contribution in [1.82, 2.24) is 18.3 Å². The molecule has 2 N–H and O–H groups in total. The van der Waals surface area contributed by atoms with Crippen LogP contribution < -0.4 is 22.5 Å². The summed E-state index contributed by atoms with van der Waals surface area (Å²) in [6, 6.07) is 0. The van der Waals surface area contributed by atoms with Crippen molar-refractivity contribution in [2.24, 2.45) is 0 Å². The van der Waals surface area contributed by atoms with Crippen LogP contribution in [0.2, 0.25) is 0 Å². The molecule has 10 heteroatoms. The van der Waals surface area contributed by atoms with Crippen molar-refractivity contribution in [2.75, 3.05) is 0 Å². The van der Waals surface area contributed by atoms with Crippen LogP contribution in [0.3, 0.4) is 0 Å². The zero-order valence-corrected chi connectivity index (χ0v) is 20.8. The molecule has 190 valence electrons. The molecule has 0 amide bonds. The van der Waals surface area contributed by atoms with E-state index in [1.54, 1.807) is 0 Å². The molecule has 2 rings (SSSR count). The Morgan fingerprint density at radius 2 is 1.06 bits per heavy atom. The third kappa shape index (κ3) is 5.84. The lowest BCUT2D eigenvalue weighted by Crippen LogP contribution is -2.41. The van der Waals surface area contributed by atoms with Crippen LogP contribution in [0.4, 0.5) is 0 Å². The molecule has 2 heterocycles. The van der Waals surface area contributed by atoms with Gasteiger partial charge in [-0.3, -0.25) is 27.9 Å². The standard InChI is InChI=1S/C25H34N4O6/c1-5-14-26-20(30)18(21(31)27(15-6-2)24(26)34)12-10-9-11-13-19-22(32)28(16-7-3)25(35)29(17-8-4)23(19)33/h9-10,12-13,30,32H,5-8,14-17H2,1-4H3. The third-order valence-electron chi connectivity index (χ3n) is 5.34. The summed E-state index contributed by atoms with van der Waals surface area (Å²) < 4.78 is 4.51. The number of hydrogen-bond donors (Lipinski definition) is 2. The lowest BCUT2D eigenvalue weighted by molar-refractivity contribution is 0.384. The van der Waals surface area contributed by atoms with E-state index in [4.69, 9.17) is 0 Å². The van der Waals surface area contributed by atoms with E-state index in [1.165, 1.54) is 28.9 Å². The Kier molecular flexibility index (Phi) is 9.90. The molecule has 0 unspecified atom stereocenters. The molecular weight excluding hydrogens is 452 g/mol.